The molecular weight excluding hydrogens is 590 g/mol. The van der Waals surface area contributed by atoms with Gasteiger partial charge < -0.3 is 15.0 Å². The normalized spacial score (nSPS) is 20.1. The van der Waals surface area contributed by atoms with Gasteiger partial charge in [0.05, 0.1) is 18.1 Å². The number of ether oxygens (including phenoxy) is 1. The molecule has 2 aromatic heterocycles. The van der Waals surface area contributed by atoms with Crippen molar-refractivity contribution in [2.45, 2.75) is 76.6 Å². The quantitative estimate of drug-likeness (QED) is 0.230. The highest BCUT2D eigenvalue weighted by molar-refractivity contribution is 8.22. The molecule has 240 valence electrons. The molecule has 0 saturated carbocycles. The molecule has 2 atom stereocenters. The average Bonchev–Trinajstić information content (AvgIpc) is 3.40. The number of fused-ring (bicyclic) bond motifs is 2. The number of hydrogen-bond acceptors (Lipinski definition) is 9. The minimum absolute atomic E-state index is 0.00525. The second-order valence-corrected chi connectivity index (χ2v) is 14.3. The molecule has 0 spiro atoms. The highest BCUT2D eigenvalue weighted by Crippen LogP contribution is 2.57. The van der Waals surface area contributed by atoms with Crippen LogP contribution in [0.4, 0.5) is 0 Å². The number of hydrogen-bond donors (Lipinski definition) is 3. The molecule has 1 amide bonds. The van der Waals surface area contributed by atoms with Gasteiger partial charge in [-0.2, -0.15) is 4.31 Å². The fraction of sp³-hybridized carbons (Fsp3) is 0.455. The molecule has 3 N–H and O–H groups in total. The van der Waals surface area contributed by atoms with E-state index in [2.05, 4.69) is 56.7 Å². The van der Waals surface area contributed by atoms with E-state index in [0.717, 1.165) is 58.5 Å². The molecule has 2 unspecified atom stereocenters. The Morgan fingerprint density at radius 3 is 2.67 bits per heavy atom. The van der Waals surface area contributed by atoms with Crippen molar-refractivity contribution in [3.63, 3.8) is 0 Å². The molecule has 2 aromatic carbocycles. The number of amides is 1. The predicted molar refractivity (Wildman–Crippen MR) is 175 cm³/mol. The van der Waals surface area contributed by atoms with Gasteiger partial charge in [0.15, 0.2) is 0 Å². The van der Waals surface area contributed by atoms with E-state index in [1.165, 1.54) is 0 Å². The van der Waals surface area contributed by atoms with Crippen molar-refractivity contribution in [1.82, 2.24) is 34.5 Å². The smallest absolute Gasteiger partial charge is 0.239 e. The average molecular weight is 634 g/mol. The lowest BCUT2D eigenvalue weighted by atomic mass is 9.84. The van der Waals surface area contributed by atoms with Crippen LogP contribution in [-0.4, -0.2) is 83.0 Å². The Hall–Kier alpha value is -3.55. The van der Waals surface area contributed by atoms with Gasteiger partial charge in [-0.1, -0.05) is 36.4 Å². The van der Waals surface area contributed by atoms with Crippen molar-refractivity contribution >= 4 is 27.7 Å². The zero-order chi connectivity index (χ0) is 31.9. The molecule has 1 fully saturated rings. The van der Waals surface area contributed by atoms with E-state index < -0.39 is 10.8 Å². The van der Waals surface area contributed by atoms with Gasteiger partial charge in [-0.3, -0.25) is 13.9 Å². The Labute approximate surface area is 266 Å². The molecule has 45 heavy (non-hydrogen) atoms. The number of nitrogens with zero attached hydrogens (tertiary/aromatic N) is 6. The lowest BCUT2D eigenvalue weighted by molar-refractivity contribution is -0.123. The molecule has 6 rings (SSSR count). The van der Waals surface area contributed by atoms with Crippen LogP contribution in [0.1, 0.15) is 60.4 Å². The zero-order valence-corrected chi connectivity index (χ0v) is 27.4. The minimum Gasteiger partial charge on any atom is -0.472 e. The van der Waals surface area contributed by atoms with Crippen LogP contribution in [0.2, 0.25) is 0 Å². The molecule has 2 aliphatic rings. The monoisotopic (exact) mass is 633 g/mol. The molecule has 4 heterocycles. The van der Waals surface area contributed by atoms with Gasteiger partial charge in [-0.05, 0) is 80.3 Å². The van der Waals surface area contributed by atoms with Gasteiger partial charge in [-0.25, -0.2) is 9.67 Å². The molecular formula is C33H43N7O4S. The van der Waals surface area contributed by atoms with E-state index in [1.54, 1.807) is 22.6 Å². The lowest BCUT2D eigenvalue weighted by Crippen LogP contribution is -2.57. The van der Waals surface area contributed by atoms with Crippen molar-refractivity contribution in [1.29, 1.82) is 0 Å². The second kappa shape index (κ2) is 12.7. The molecule has 0 bridgehead atoms. The first kappa shape index (κ1) is 31.4. The van der Waals surface area contributed by atoms with Gasteiger partial charge in [0.25, 0.3) is 0 Å². The lowest BCUT2D eigenvalue weighted by Gasteiger charge is -2.41. The van der Waals surface area contributed by atoms with Gasteiger partial charge in [-0.15, -0.1) is 15.9 Å². The highest BCUT2D eigenvalue weighted by atomic mass is 32.3. The summed E-state index contributed by atoms with van der Waals surface area (Å²) >= 11 is 0. The molecule has 12 heteroatoms. The maximum Gasteiger partial charge on any atom is 0.239 e. The number of benzene rings is 2. The van der Waals surface area contributed by atoms with Crippen molar-refractivity contribution < 1.29 is 18.6 Å². The molecule has 11 nitrogen and oxygen atoms in total. The molecule has 4 aromatic rings. The van der Waals surface area contributed by atoms with Crippen LogP contribution in [0.3, 0.4) is 0 Å². The number of nitrogens with one attached hydrogen (secondary N) is 1. The van der Waals surface area contributed by atoms with Gasteiger partial charge in [0, 0.05) is 44.7 Å². The fourth-order valence-corrected chi connectivity index (χ4v) is 8.00. The zero-order valence-electron chi connectivity index (χ0n) is 26.6. The first-order chi connectivity index (χ1) is 21.6. The van der Waals surface area contributed by atoms with Crippen molar-refractivity contribution in [3.05, 3.63) is 76.5 Å². The van der Waals surface area contributed by atoms with Crippen LogP contribution in [0.5, 0.6) is 5.88 Å². The Morgan fingerprint density at radius 2 is 1.93 bits per heavy atom. The summed E-state index contributed by atoms with van der Waals surface area (Å²) in [6.07, 6.45) is 2.33. The summed E-state index contributed by atoms with van der Waals surface area (Å²) in [6, 6.07) is 13.9. The van der Waals surface area contributed by atoms with Gasteiger partial charge in [0.1, 0.15) is 16.5 Å². The van der Waals surface area contributed by atoms with Crippen LogP contribution in [0.25, 0.3) is 11.0 Å². The fourth-order valence-electron chi connectivity index (χ4n) is 6.44. The Bertz CT molecular complexity index is 1700. The summed E-state index contributed by atoms with van der Waals surface area (Å²) in [4.78, 5) is 20.2. The van der Waals surface area contributed by atoms with E-state index in [4.69, 9.17) is 4.74 Å². The summed E-state index contributed by atoms with van der Waals surface area (Å²) in [5.74, 6) is 0.0390. The van der Waals surface area contributed by atoms with Crippen molar-refractivity contribution in [2.75, 3.05) is 26.7 Å². The van der Waals surface area contributed by atoms with Crippen molar-refractivity contribution in [2.24, 2.45) is 0 Å². The van der Waals surface area contributed by atoms with Gasteiger partial charge in [0.2, 0.25) is 11.8 Å². The number of likely N-dealkylation sites (tertiary alicyclic amines) is 1. The third-order valence-electron chi connectivity index (χ3n) is 9.13. The number of carbonyl (C=O) groups excluding carboxylic acids is 1. The van der Waals surface area contributed by atoms with E-state index in [-0.39, 0.29) is 36.3 Å². The largest absolute Gasteiger partial charge is 0.472 e. The standard InChI is InChI=1S/C33H43N7O4S/c1-6-26-20-39(45(42,43)30-9-8-14-34-33(30)44-26)17-24-15-23(11-10-21(24)3)28(16-31(41)35-25-18-38(5)19-25)27-12-13-29-32(22(27)4)36-37-40(29)7-2/h8-15,25-26,28,42-43H,6-7,16-20H2,1-5H3,(H,35,41). The third kappa shape index (κ3) is 6.17. The summed E-state index contributed by atoms with van der Waals surface area (Å²) in [6.45, 7) is 11.2. The molecule has 2 aliphatic heterocycles. The number of aromatic nitrogens is 4. The SMILES string of the molecule is CCC1CN(Cc2cc(C(CC(=O)NC3CN(C)C3)c3ccc4c(nnn4CC)c3C)ccc2C)S(O)(O)c2cccnc2O1. The van der Waals surface area contributed by atoms with E-state index >= 15 is 0 Å². The topological polar surface area (TPSA) is 129 Å². The Balaban J connectivity index is 1.37. The number of carbonyl (C=O) groups is 1. The number of rotatable bonds is 9. The first-order valence-corrected chi connectivity index (χ1v) is 17.1. The minimum atomic E-state index is -3.37. The van der Waals surface area contributed by atoms with E-state index in [0.29, 0.717) is 24.4 Å². The summed E-state index contributed by atoms with van der Waals surface area (Å²) < 4.78 is 32.8. The van der Waals surface area contributed by atoms with Crippen LogP contribution < -0.4 is 10.1 Å². The third-order valence-corrected chi connectivity index (χ3v) is 11.0. The summed E-state index contributed by atoms with van der Waals surface area (Å²) in [5.41, 5.74) is 6.80. The van der Waals surface area contributed by atoms with Gasteiger partial charge >= 0.3 is 0 Å². The second-order valence-electron chi connectivity index (χ2n) is 12.3. The molecule has 0 aliphatic carbocycles. The van der Waals surface area contributed by atoms with Crippen LogP contribution in [0, 0.1) is 13.8 Å². The summed E-state index contributed by atoms with van der Waals surface area (Å²) in [7, 11) is -1.32. The first-order valence-electron chi connectivity index (χ1n) is 15.6. The number of likely N-dealkylation sites (N-methyl/N-ethyl adjacent to an activating group) is 1. The molecule has 0 radical (unpaired) electrons. The summed E-state index contributed by atoms with van der Waals surface area (Å²) in [5, 5.41) is 12.0. The maximum atomic E-state index is 13.5. The highest BCUT2D eigenvalue weighted by Gasteiger charge is 2.36. The number of aryl methyl sites for hydroxylation is 3. The maximum absolute atomic E-state index is 13.5. The van der Waals surface area contributed by atoms with Crippen LogP contribution in [-0.2, 0) is 17.9 Å². The molecule has 1 saturated heterocycles. The Morgan fingerprint density at radius 1 is 1.13 bits per heavy atom. The van der Waals surface area contributed by atoms with Crippen LogP contribution in [0.15, 0.2) is 53.6 Å². The predicted octanol–water partition coefficient (Wildman–Crippen LogP) is 5.11. The van der Waals surface area contributed by atoms with E-state index in [9.17, 15) is 13.9 Å². The van der Waals surface area contributed by atoms with Crippen LogP contribution >= 0.6 is 10.8 Å². The number of pyridine rings is 1. The van der Waals surface area contributed by atoms with E-state index in [1.807, 2.05) is 38.6 Å². The Kier molecular flexibility index (Phi) is 8.86. The van der Waals surface area contributed by atoms with Crippen molar-refractivity contribution in [3.8, 4) is 5.88 Å².